The third-order valence-electron chi connectivity index (χ3n) is 1.75. The molecular formula is C7H12O2. The van der Waals surface area contributed by atoms with Crippen LogP contribution in [0.1, 0.15) is 12.8 Å². The quantitative estimate of drug-likeness (QED) is 0.525. The van der Waals surface area contributed by atoms with E-state index in [0.29, 0.717) is 6.42 Å². The van der Waals surface area contributed by atoms with E-state index in [1.54, 1.807) is 6.08 Å². The molecule has 2 nitrogen and oxygen atoms in total. The number of rotatable bonds is 2. The van der Waals surface area contributed by atoms with E-state index in [-0.39, 0.29) is 18.6 Å². The van der Waals surface area contributed by atoms with Crippen LogP contribution in [0, 0.1) is 5.92 Å². The topological polar surface area (TPSA) is 40.5 Å². The number of hydrogen-bond donors (Lipinski definition) is 2. The van der Waals surface area contributed by atoms with Gasteiger partial charge in [0.15, 0.2) is 0 Å². The standard InChI is InChI=1S/C7H12O2/c8-5-4-6-2-1-3-7(6)9/h1,3,6-9H,2,4-5H2/t6-,7-/m0/s1. The van der Waals surface area contributed by atoms with Gasteiger partial charge in [-0.2, -0.15) is 0 Å². The third-order valence-corrected chi connectivity index (χ3v) is 1.75. The Balaban J connectivity index is 2.28. The lowest BCUT2D eigenvalue weighted by molar-refractivity contribution is 0.139. The van der Waals surface area contributed by atoms with Gasteiger partial charge < -0.3 is 10.2 Å². The highest BCUT2D eigenvalue weighted by Crippen LogP contribution is 2.21. The smallest absolute Gasteiger partial charge is 0.0752 e. The van der Waals surface area contributed by atoms with Crippen LogP contribution in [0.2, 0.25) is 0 Å². The third kappa shape index (κ3) is 1.53. The number of aliphatic hydroxyl groups is 2. The van der Waals surface area contributed by atoms with E-state index < -0.39 is 0 Å². The van der Waals surface area contributed by atoms with Crippen molar-refractivity contribution < 1.29 is 10.2 Å². The van der Waals surface area contributed by atoms with Gasteiger partial charge >= 0.3 is 0 Å². The van der Waals surface area contributed by atoms with Crippen molar-refractivity contribution in [3.63, 3.8) is 0 Å². The predicted molar refractivity (Wildman–Crippen MR) is 35.0 cm³/mol. The van der Waals surface area contributed by atoms with Gasteiger partial charge in [-0.15, -0.1) is 0 Å². The molecule has 1 rings (SSSR count). The molecule has 1 aliphatic rings. The van der Waals surface area contributed by atoms with Crippen LogP contribution in [0.4, 0.5) is 0 Å². The Morgan fingerprint density at radius 3 is 2.78 bits per heavy atom. The fraction of sp³-hybridized carbons (Fsp3) is 0.714. The molecule has 2 heteroatoms. The van der Waals surface area contributed by atoms with Crippen molar-refractivity contribution in [2.45, 2.75) is 18.9 Å². The predicted octanol–water partition coefficient (Wildman–Crippen LogP) is 0.306. The summed E-state index contributed by atoms with van der Waals surface area (Å²) in [7, 11) is 0. The zero-order chi connectivity index (χ0) is 6.69. The molecular weight excluding hydrogens is 116 g/mol. The van der Waals surface area contributed by atoms with Crippen LogP contribution >= 0.6 is 0 Å². The summed E-state index contributed by atoms with van der Waals surface area (Å²) in [6.07, 6.45) is 5.08. The highest BCUT2D eigenvalue weighted by molar-refractivity contribution is 5.01. The van der Waals surface area contributed by atoms with Crippen molar-refractivity contribution in [3.8, 4) is 0 Å². The molecule has 2 atom stereocenters. The first-order valence-electron chi connectivity index (χ1n) is 3.30. The lowest BCUT2D eigenvalue weighted by Gasteiger charge is -2.10. The molecule has 0 aromatic heterocycles. The second-order valence-corrected chi connectivity index (χ2v) is 2.43. The highest BCUT2D eigenvalue weighted by atomic mass is 16.3. The summed E-state index contributed by atoms with van der Waals surface area (Å²) in [5.41, 5.74) is 0. The summed E-state index contributed by atoms with van der Waals surface area (Å²) in [5, 5.41) is 17.6. The first-order chi connectivity index (χ1) is 4.34. The zero-order valence-corrected chi connectivity index (χ0v) is 5.33. The van der Waals surface area contributed by atoms with Gasteiger partial charge in [0.1, 0.15) is 0 Å². The fourth-order valence-electron chi connectivity index (χ4n) is 1.14. The Hall–Kier alpha value is -0.340. The Kier molecular flexibility index (Phi) is 2.25. The van der Waals surface area contributed by atoms with Crippen molar-refractivity contribution in [2.75, 3.05) is 6.61 Å². The first-order valence-corrected chi connectivity index (χ1v) is 3.30. The molecule has 0 spiro atoms. The average molecular weight is 128 g/mol. The number of hydrogen-bond acceptors (Lipinski definition) is 2. The van der Waals surface area contributed by atoms with E-state index in [9.17, 15) is 0 Å². The lowest BCUT2D eigenvalue weighted by Crippen LogP contribution is -2.14. The highest BCUT2D eigenvalue weighted by Gasteiger charge is 2.18. The Morgan fingerprint density at radius 2 is 2.33 bits per heavy atom. The maximum absolute atomic E-state index is 9.12. The van der Waals surface area contributed by atoms with Crippen molar-refractivity contribution in [1.82, 2.24) is 0 Å². The molecule has 1 aliphatic carbocycles. The molecule has 0 amide bonds. The fourth-order valence-corrected chi connectivity index (χ4v) is 1.14. The van der Waals surface area contributed by atoms with Gasteiger partial charge in [0.2, 0.25) is 0 Å². The number of allylic oxidation sites excluding steroid dienone is 1. The molecule has 0 radical (unpaired) electrons. The molecule has 0 bridgehead atoms. The molecule has 0 aromatic rings. The van der Waals surface area contributed by atoms with Gasteiger partial charge in [-0.1, -0.05) is 12.2 Å². The van der Waals surface area contributed by atoms with Crippen LogP contribution < -0.4 is 0 Å². The van der Waals surface area contributed by atoms with Gasteiger partial charge in [-0.05, 0) is 18.8 Å². The lowest BCUT2D eigenvalue weighted by atomic mass is 10.0. The van der Waals surface area contributed by atoms with Gasteiger partial charge in [0.25, 0.3) is 0 Å². The minimum atomic E-state index is -0.308. The van der Waals surface area contributed by atoms with Gasteiger partial charge in [-0.25, -0.2) is 0 Å². The van der Waals surface area contributed by atoms with Gasteiger partial charge in [0.05, 0.1) is 6.10 Å². The normalized spacial score (nSPS) is 33.6. The SMILES string of the molecule is OCC[C@@H]1CC=C[C@@H]1O. The van der Waals surface area contributed by atoms with Crippen LogP contribution in [0.3, 0.4) is 0 Å². The van der Waals surface area contributed by atoms with E-state index in [0.717, 1.165) is 6.42 Å². The summed E-state index contributed by atoms with van der Waals surface area (Å²) in [6.45, 7) is 0.184. The molecule has 0 saturated carbocycles. The summed E-state index contributed by atoms with van der Waals surface area (Å²) in [5.74, 6) is 0.273. The minimum Gasteiger partial charge on any atom is -0.396 e. The summed E-state index contributed by atoms with van der Waals surface area (Å²) in [4.78, 5) is 0. The Labute approximate surface area is 54.8 Å². The van der Waals surface area contributed by atoms with Crippen molar-refractivity contribution in [2.24, 2.45) is 5.92 Å². The average Bonchev–Trinajstić information content (AvgIpc) is 2.18. The second kappa shape index (κ2) is 2.99. The van der Waals surface area contributed by atoms with Crippen LogP contribution in [0.25, 0.3) is 0 Å². The molecule has 52 valence electrons. The zero-order valence-electron chi connectivity index (χ0n) is 5.33. The van der Waals surface area contributed by atoms with E-state index in [4.69, 9.17) is 10.2 Å². The molecule has 0 unspecified atom stereocenters. The van der Waals surface area contributed by atoms with Crippen LogP contribution in [-0.2, 0) is 0 Å². The molecule has 0 fully saturated rings. The first kappa shape index (κ1) is 6.78. The molecule has 2 N–H and O–H groups in total. The van der Waals surface area contributed by atoms with Crippen molar-refractivity contribution in [3.05, 3.63) is 12.2 Å². The van der Waals surface area contributed by atoms with Crippen LogP contribution in [0.15, 0.2) is 12.2 Å². The Bertz CT molecular complexity index is 109. The van der Waals surface area contributed by atoms with Crippen molar-refractivity contribution in [1.29, 1.82) is 0 Å². The van der Waals surface area contributed by atoms with Crippen molar-refractivity contribution >= 4 is 0 Å². The maximum Gasteiger partial charge on any atom is 0.0752 e. The molecule has 9 heavy (non-hydrogen) atoms. The summed E-state index contributed by atoms with van der Waals surface area (Å²) < 4.78 is 0. The minimum absolute atomic E-state index is 0.184. The molecule has 0 saturated heterocycles. The van der Waals surface area contributed by atoms with Crippen LogP contribution in [-0.4, -0.2) is 22.9 Å². The van der Waals surface area contributed by atoms with E-state index in [1.807, 2.05) is 6.08 Å². The summed E-state index contributed by atoms with van der Waals surface area (Å²) >= 11 is 0. The Morgan fingerprint density at radius 1 is 1.56 bits per heavy atom. The van der Waals surface area contributed by atoms with Crippen LogP contribution in [0.5, 0.6) is 0 Å². The molecule has 0 aromatic carbocycles. The van der Waals surface area contributed by atoms with Gasteiger partial charge in [0, 0.05) is 6.61 Å². The van der Waals surface area contributed by atoms with Gasteiger partial charge in [-0.3, -0.25) is 0 Å². The summed E-state index contributed by atoms with van der Waals surface area (Å²) in [6, 6.07) is 0. The number of aliphatic hydroxyl groups excluding tert-OH is 2. The largest absolute Gasteiger partial charge is 0.396 e. The maximum atomic E-state index is 9.12. The molecule has 0 aliphatic heterocycles. The molecule has 0 heterocycles. The van der Waals surface area contributed by atoms with E-state index >= 15 is 0 Å². The second-order valence-electron chi connectivity index (χ2n) is 2.43. The monoisotopic (exact) mass is 128 g/mol. The van der Waals surface area contributed by atoms with E-state index in [1.165, 1.54) is 0 Å². The van der Waals surface area contributed by atoms with E-state index in [2.05, 4.69) is 0 Å².